The van der Waals surface area contributed by atoms with Crippen LogP contribution in [-0.2, 0) is 36.5 Å². The highest BCUT2D eigenvalue weighted by Gasteiger charge is 2.36. The fraction of sp³-hybridized carbons (Fsp3) is 0.489. The van der Waals surface area contributed by atoms with Crippen LogP contribution in [0.3, 0.4) is 0 Å². The van der Waals surface area contributed by atoms with Gasteiger partial charge < -0.3 is 24.7 Å². The average Bonchev–Trinajstić information content (AvgIpc) is 4.16. The molecular formula is C45H61N5O7S2. The van der Waals surface area contributed by atoms with Crippen molar-refractivity contribution in [1.82, 2.24) is 24.9 Å². The normalized spacial score (nSPS) is 16.0. The van der Waals surface area contributed by atoms with E-state index >= 15 is 0 Å². The molecule has 4 aromatic rings. The lowest BCUT2D eigenvalue weighted by atomic mass is 10.1. The van der Waals surface area contributed by atoms with Gasteiger partial charge in [0.15, 0.2) is 5.43 Å². The van der Waals surface area contributed by atoms with Gasteiger partial charge in [-0.3, -0.25) is 23.9 Å². The van der Waals surface area contributed by atoms with Crippen molar-refractivity contribution in [3.8, 4) is 16.5 Å². The van der Waals surface area contributed by atoms with Crippen molar-refractivity contribution in [2.24, 2.45) is 0 Å². The predicted octanol–water partition coefficient (Wildman–Crippen LogP) is 7.53. The maximum absolute atomic E-state index is 12.4. The number of thiazole rings is 1. The van der Waals surface area contributed by atoms with E-state index in [4.69, 9.17) is 9.47 Å². The summed E-state index contributed by atoms with van der Waals surface area (Å²) >= 11 is 1.55. The molecule has 3 aliphatic rings. The number of fused-ring (bicyclic) bond motifs is 1. The Morgan fingerprint density at radius 2 is 1.85 bits per heavy atom. The van der Waals surface area contributed by atoms with Gasteiger partial charge in [0.05, 0.1) is 29.3 Å². The summed E-state index contributed by atoms with van der Waals surface area (Å²) < 4.78 is 23.5. The SMILES string of the molecule is C=CCCCCOCC(=O)N1CCCC1C(=O)NC1CC1.CCc1ccccc1.COc1ccc2c(=O)cc(-c3nc(C(C)C)cs3)[nH]c2c1C.O=CNS(=O)C1CC1. The second-order valence-corrected chi connectivity index (χ2v) is 17.4. The van der Waals surface area contributed by atoms with Crippen LogP contribution in [0.2, 0.25) is 0 Å². The first-order chi connectivity index (χ1) is 28.5. The van der Waals surface area contributed by atoms with E-state index in [0.717, 1.165) is 97.4 Å². The van der Waals surface area contributed by atoms with Crippen molar-refractivity contribution in [1.29, 1.82) is 0 Å². The summed E-state index contributed by atoms with van der Waals surface area (Å²) in [6.07, 6.45) is 12.2. The first-order valence-electron chi connectivity index (χ1n) is 20.6. The van der Waals surface area contributed by atoms with Crippen LogP contribution in [0.15, 0.2) is 71.4 Å². The van der Waals surface area contributed by atoms with Gasteiger partial charge in [-0.15, -0.1) is 17.9 Å². The molecule has 2 aromatic heterocycles. The highest BCUT2D eigenvalue weighted by Crippen LogP contribution is 2.29. The fourth-order valence-electron chi connectivity index (χ4n) is 6.19. The maximum atomic E-state index is 12.4. The van der Waals surface area contributed by atoms with E-state index in [1.807, 2.05) is 30.5 Å². The molecule has 0 radical (unpaired) electrons. The van der Waals surface area contributed by atoms with E-state index in [9.17, 15) is 23.4 Å². The van der Waals surface area contributed by atoms with Gasteiger partial charge in [0, 0.05) is 41.6 Å². The molecule has 3 fully saturated rings. The van der Waals surface area contributed by atoms with Crippen LogP contribution in [0, 0.1) is 6.92 Å². The Kier molecular flexibility index (Phi) is 19.5. The molecule has 1 saturated heterocycles. The highest BCUT2D eigenvalue weighted by molar-refractivity contribution is 7.84. The zero-order valence-corrected chi connectivity index (χ0v) is 36.8. The molecule has 7 rings (SSSR count). The maximum Gasteiger partial charge on any atom is 0.249 e. The number of aromatic amines is 1. The number of benzene rings is 2. The molecule has 2 atom stereocenters. The second kappa shape index (κ2) is 24.4. The van der Waals surface area contributed by atoms with Crippen LogP contribution in [0.5, 0.6) is 5.75 Å². The van der Waals surface area contributed by atoms with Gasteiger partial charge in [0.2, 0.25) is 18.2 Å². The van der Waals surface area contributed by atoms with E-state index in [0.29, 0.717) is 36.9 Å². The lowest BCUT2D eigenvalue weighted by Gasteiger charge is -2.24. The molecule has 59 heavy (non-hydrogen) atoms. The molecule has 3 heterocycles. The first kappa shape index (κ1) is 47.0. The number of allylic oxidation sites excluding steroid dienone is 1. The number of hydrogen-bond donors (Lipinski definition) is 3. The average molecular weight is 848 g/mol. The largest absolute Gasteiger partial charge is 0.496 e. The minimum Gasteiger partial charge on any atom is -0.496 e. The molecule has 2 aliphatic carbocycles. The van der Waals surface area contributed by atoms with Crippen LogP contribution >= 0.6 is 11.3 Å². The third-order valence-electron chi connectivity index (χ3n) is 9.99. The van der Waals surface area contributed by atoms with Gasteiger partial charge in [0.25, 0.3) is 0 Å². The standard InChI is InChI=1S/C17H18N2O2S.C16H26N2O3.C8H10.C4H7NO2S/c1-9(2)13-8-22-17(19-13)12-7-14(20)11-5-6-15(21-4)10(3)16(11)18-12;1-2-3-4-5-11-21-12-15(19)18-10-6-7-14(18)16(20)17-13-8-9-13;1-2-8-6-4-3-5-7-8;6-3-5-8(7)4-1-2-4/h5-9H,1-4H3,(H,18,20);2,13-14H,1,3-12H2,(H,17,20);3-7H,2H2,1H3;3-4H,1-2H2,(H,5,6). The minimum absolute atomic E-state index is 0.00389. The third-order valence-corrected chi connectivity index (χ3v) is 12.3. The van der Waals surface area contributed by atoms with E-state index in [2.05, 4.69) is 71.6 Å². The molecule has 0 bridgehead atoms. The molecule has 1 aliphatic heterocycles. The highest BCUT2D eigenvalue weighted by atomic mass is 32.2. The zero-order valence-electron chi connectivity index (χ0n) is 35.1. The van der Waals surface area contributed by atoms with Crippen molar-refractivity contribution >= 4 is 51.4 Å². The molecule has 3 N–H and O–H groups in total. The number of rotatable bonds is 16. The van der Waals surface area contributed by atoms with Crippen LogP contribution in [0.4, 0.5) is 0 Å². The lowest BCUT2D eigenvalue weighted by Crippen LogP contribution is -2.47. The lowest BCUT2D eigenvalue weighted by molar-refractivity contribution is -0.142. The van der Waals surface area contributed by atoms with Crippen molar-refractivity contribution < 1.29 is 28.1 Å². The van der Waals surface area contributed by atoms with E-state index < -0.39 is 11.0 Å². The number of ether oxygens (including phenoxy) is 2. The minimum atomic E-state index is -1.08. The summed E-state index contributed by atoms with van der Waals surface area (Å²) in [7, 11) is 0.552. The quantitative estimate of drug-likeness (QED) is 0.0593. The van der Waals surface area contributed by atoms with Crippen molar-refractivity contribution in [3.63, 3.8) is 0 Å². The van der Waals surface area contributed by atoms with Crippen molar-refractivity contribution in [2.45, 2.75) is 115 Å². The number of carbonyl (C=O) groups excluding carboxylic acids is 3. The molecule has 320 valence electrons. The first-order valence-corrected chi connectivity index (χ1v) is 22.7. The third kappa shape index (κ3) is 15.1. The number of nitrogens with one attached hydrogen (secondary N) is 3. The van der Waals surface area contributed by atoms with E-state index in [1.54, 1.807) is 35.5 Å². The number of pyridine rings is 1. The van der Waals surface area contributed by atoms with Crippen molar-refractivity contribution in [3.05, 3.63) is 93.6 Å². The topological polar surface area (TPSA) is 160 Å². The molecular weight excluding hydrogens is 787 g/mol. The zero-order chi connectivity index (χ0) is 42.7. The van der Waals surface area contributed by atoms with Gasteiger partial charge in [-0.1, -0.05) is 57.2 Å². The summed E-state index contributed by atoms with van der Waals surface area (Å²) in [6.45, 7) is 13.3. The summed E-state index contributed by atoms with van der Waals surface area (Å²) in [5.74, 6) is 1.09. The smallest absolute Gasteiger partial charge is 0.249 e. The Hall–Kier alpha value is -4.66. The predicted molar refractivity (Wildman–Crippen MR) is 238 cm³/mol. The monoisotopic (exact) mass is 847 g/mol. The fourth-order valence-corrected chi connectivity index (χ4v) is 7.99. The summed E-state index contributed by atoms with van der Waals surface area (Å²) in [5, 5.41) is 6.79. The number of aromatic nitrogens is 2. The Labute approximate surface area is 355 Å². The van der Waals surface area contributed by atoms with Crippen LogP contribution in [-0.4, -0.2) is 81.5 Å². The summed E-state index contributed by atoms with van der Waals surface area (Å²) in [5.41, 5.74) is 4.94. The number of aryl methyl sites for hydroxylation is 2. The number of H-pyrrole nitrogens is 1. The number of methoxy groups -OCH3 is 1. The number of amides is 3. The van der Waals surface area contributed by atoms with Gasteiger partial charge in [-0.25, -0.2) is 9.19 Å². The van der Waals surface area contributed by atoms with Gasteiger partial charge in [-0.05, 0) is 94.7 Å². The Bertz CT molecular complexity index is 2040. The summed E-state index contributed by atoms with van der Waals surface area (Å²) in [6, 6.07) is 15.8. The van der Waals surface area contributed by atoms with Gasteiger partial charge >= 0.3 is 0 Å². The number of likely N-dealkylation sites (tertiary alicyclic amines) is 1. The summed E-state index contributed by atoms with van der Waals surface area (Å²) in [4.78, 5) is 55.9. The molecule has 2 saturated carbocycles. The molecule has 12 nitrogen and oxygen atoms in total. The number of carbonyl (C=O) groups is 3. The van der Waals surface area contributed by atoms with Crippen LogP contribution in [0.1, 0.15) is 101 Å². The second-order valence-electron chi connectivity index (χ2n) is 15.0. The molecule has 0 spiro atoms. The Morgan fingerprint density at radius 1 is 1.10 bits per heavy atom. The molecule has 14 heteroatoms. The van der Waals surface area contributed by atoms with E-state index in [1.165, 1.54) is 5.56 Å². The van der Waals surface area contributed by atoms with Crippen LogP contribution in [0.25, 0.3) is 21.6 Å². The molecule has 3 amide bonds. The molecule has 2 unspecified atom stereocenters. The Balaban J connectivity index is 0.000000191. The molecule has 2 aromatic carbocycles. The van der Waals surface area contributed by atoms with Crippen molar-refractivity contribution in [2.75, 3.05) is 26.9 Å². The van der Waals surface area contributed by atoms with Crippen LogP contribution < -0.4 is 20.2 Å². The Morgan fingerprint density at radius 3 is 2.44 bits per heavy atom. The van der Waals surface area contributed by atoms with Gasteiger partial charge in [0.1, 0.15) is 34.4 Å². The number of nitrogens with zero attached hydrogens (tertiary/aromatic N) is 2. The number of unbranched alkanes of at least 4 members (excludes halogenated alkanes) is 2. The van der Waals surface area contributed by atoms with E-state index in [-0.39, 0.29) is 35.1 Å². The van der Waals surface area contributed by atoms with Gasteiger partial charge in [-0.2, -0.15) is 0 Å². The number of hydrogen-bond acceptors (Lipinski definition) is 9.